The zero-order valence-electron chi connectivity index (χ0n) is 12.4. The first-order valence-corrected chi connectivity index (χ1v) is 7.12. The Bertz CT molecular complexity index is 664. The summed E-state index contributed by atoms with van der Waals surface area (Å²) in [4.78, 5) is 24.3. The van der Waals surface area contributed by atoms with Gasteiger partial charge in [0.05, 0.1) is 0 Å². The summed E-state index contributed by atoms with van der Waals surface area (Å²) in [7, 11) is 0. The lowest BCUT2D eigenvalue weighted by Crippen LogP contribution is -2.34. The molecule has 0 saturated heterocycles. The second kappa shape index (κ2) is 7.78. The number of carbonyl (C=O) groups is 2. The molecule has 112 valence electrons. The molecule has 2 N–H and O–H groups in total. The largest absolute Gasteiger partial charge is 0.351 e. The van der Waals surface area contributed by atoms with E-state index in [1.807, 2.05) is 43.3 Å². The summed E-state index contributed by atoms with van der Waals surface area (Å²) in [6.45, 7) is 2.32. The van der Waals surface area contributed by atoms with E-state index in [0.717, 1.165) is 5.56 Å². The van der Waals surface area contributed by atoms with Crippen molar-refractivity contribution in [2.45, 2.75) is 6.92 Å². The second-order valence-corrected chi connectivity index (χ2v) is 4.65. The standard InChI is InChI=1S/C18H18N2O2/c1-2-19-18(22)16(13-14-9-5-3-6-10-14)20-17(21)15-11-7-4-8-12-15/h3-13H,2H2,1H3,(H,19,22)(H,20,21)/b16-13-. The van der Waals surface area contributed by atoms with Crippen LogP contribution in [0.5, 0.6) is 0 Å². The quantitative estimate of drug-likeness (QED) is 0.833. The molecule has 0 atom stereocenters. The minimum atomic E-state index is -0.311. The highest BCUT2D eigenvalue weighted by Gasteiger charge is 2.13. The molecule has 2 aromatic carbocycles. The molecule has 0 aliphatic rings. The third kappa shape index (κ3) is 4.31. The van der Waals surface area contributed by atoms with E-state index in [9.17, 15) is 9.59 Å². The Labute approximate surface area is 129 Å². The third-order valence-electron chi connectivity index (χ3n) is 2.98. The highest BCUT2D eigenvalue weighted by Crippen LogP contribution is 2.07. The lowest BCUT2D eigenvalue weighted by Gasteiger charge is -2.10. The molecule has 0 bridgehead atoms. The van der Waals surface area contributed by atoms with Crippen LogP contribution >= 0.6 is 0 Å². The van der Waals surface area contributed by atoms with Crippen LogP contribution in [-0.2, 0) is 4.79 Å². The first-order chi connectivity index (χ1) is 10.7. The van der Waals surface area contributed by atoms with E-state index in [4.69, 9.17) is 0 Å². The average Bonchev–Trinajstić information content (AvgIpc) is 2.56. The molecule has 0 fully saturated rings. The fourth-order valence-electron chi connectivity index (χ4n) is 1.91. The number of hydrogen-bond acceptors (Lipinski definition) is 2. The van der Waals surface area contributed by atoms with E-state index in [1.165, 1.54) is 0 Å². The SMILES string of the molecule is CCNC(=O)/C(=C/c1ccccc1)NC(=O)c1ccccc1. The molecule has 0 aliphatic carbocycles. The van der Waals surface area contributed by atoms with Crippen molar-refractivity contribution in [3.8, 4) is 0 Å². The number of hydrogen-bond donors (Lipinski definition) is 2. The topological polar surface area (TPSA) is 58.2 Å². The lowest BCUT2D eigenvalue weighted by atomic mass is 10.1. The summed E-state index contributed by atoms with van der Waals surface area (Å²) in [5.74, 6) is -0.621. The number of amides is 2. The Hall–Kier alpha value is -2.88. The van der Waals surface area contributed by atoms with Gasteiger partial charge in [-0.3, -0.25) is 9.59 Å². The molecule has 4 nitrogen and oxygen atoms in total. The van der Waals surface area contributed by atoms with Crippen molar-refractivity contribution in [3.63, 3.8) is 0 Å². The highest BCUT2D eigenvalue weighted by atomic mass is 16.2. The Morgan fingerprint density at radius 1 is 0.955 bits per heavy atom. The van der Waals surface area contributed by atoms with Gasteiger partial charge in [-0.05, 0) is 30.7 Å². The fourth-order valence-corrected chi connectivity index (χ4v) is 1.91. The third-order valence-corrected chi connectivity index (χ3v) is 2.98. The monoisotopic (exact) mass is 294 g/mol. The van der Waals surface area contributed by atoms with Crippen LogP contribution in [0.1, 0.15) is 22.8 Å². The van der Waals surface area contributed by atoms with Crippen molar-refractivity contribution in [2.24, 2.45) is 0 Å². The van der Waals surface area contributed by atoms with Crippen LogP contribution < -0.4 is 10.6 Å². The van der Waals surface area contributed by atoms with Crippen LogP contribution in [0.15, 0.2) is 66.4 Å². The predicted molar refractivity (Wildman–Crippen MR) is 87.0 cm³/mol. The van der Waals surface area contributed by atoms with E-state index in [-0.39, 0.29) is 17.5 Å². The van der Waals surface area contributed by atoms with Gasteiger partial charge in [0.15, 0.2) is 0 Å². The van der Waals surface area contributed by atoms with E-state index in [1.54, 1.807) is 30.3 Å². The molecule has 2 amide bonds. The van der Waals surface area contributed by atoms with Crippen molar-refractivity contribution in [3.05, 3.63) is 77.5 Å². The minimum Gasteiger partial charge on any atom is -0.351 e. The lowest BCUT2D eigenvalue weighted by molar-refractivity contribution is -0.117. The van der Waals surface area contributed by atoms with Crippen LogP contribution in [0.3, 0.4) is 0 Å². The maximum Gasteiger partial charge on any atom is 0.267 e. The first kappa shape index (κ1) is 15.5. The average molecular weight is 294 g/mol. The summed E-state index contributed by atoms with van der Waals surface area (Å²) in [6, 6.07) is 18.2. The van der Waals surface area contributed by atoms with Crippen molar-refractivity contribution in [1.29, 1.82) is 0 Å². The first-order valence-electron chi connectivity index (χ1n) is 7.12. The smallest absolute Gasteiger partial charge is 0.267 e. The van der Waals surface area contributed by atoms with E-state index >= 15 is 0 Å². The molecule has 4 heteroatoms. The van der Waals surface area contributed by atoms with E-state index in [2.05, 4.69) is 10.6 Å². The Morgan fingerprint density at radius 3 is 2.14 bits per heavy atom. The van der Waals surface area contributed by atoms with Crippen molar-refractivity contribution in [1.82, 2.24) is 10.6 Å². The van der Waals surface area contributed by atoms with Gasteiger partial charge in [0.2, 0.25) is 0 Å². The minimum absolute atomic E-state index is 0.224. The molecular weight excluding hydrogens is 276 g/mol. The van der Waals surface area contributed by atoms with Gasteiger partial charge in [-0.1, -0.05) is 48.5 Å². The molecule has 0 spiro atoms. The molecule has 0 saturated carbocycles. The van der Waals surface area contributed by atoms with Gasteiger partial charge >= 0.3 is 0 Å². The number of rotatable bonds is 5. The molecule has 0 radical (unpaired) electrons. The number of carbonyl (C=O) groups excluding carboxylic acids is 2. The predicted octanol–water partition coefficient (Wildman–Crippen LogP) is 2.59. The van der Waals surface area contributed by atoms with Crippen LogP contribution in [-0.4, -0.2) is 18.4 Å². The summed E-state index contributed by atoms with van der Waals surface area (Å²) in [6.07, 6.45) is 1.66. The van der Waals surface area contributed by atoms with Gasteiger partial charge in [-0.15, -0.1) is 0 Å². The van der Waals surface area contributed by atoms with Crippen LogP contribution in [0.2, 0.25) is 0 Å². The normalized spacial score (nSPS) is 10.9. The molecular formula is C18H18N2O2. The summed E-state index contributed by atoms with van der Waals surface area (Å²) < 4.78 is 0. The molecule has 2 rings (SSSR count). The summed E-state index contributed by atoms with van der Waals surface area (Å²) >= 11 is 0. The second-order valence-electron chi connectivity index (χ2n) is 4.65. The molecule has 2 aromatic rings. The summed E-state index contributed by atoms with van der Waals surface area (Å²) in [5.41, 5.74) is 1.57. The van der Waals surface area contributed by atoms with E-state index in [0.29, 0.717) is 12.1 Å². The molecule has 0 aromatic heterocycles. The van der Waals surface area contributed by atoms with Gasteiger partial charge < -0.3 is 10.6 Å². The number of nitrogens with one attached hydrogen (secondary N) is 2. The van der Waals surface area contributed by atoms with E-state index < -0.39 is 0 Å². The van der Waals surface area contributed by atoms with Gasteiger partial charge in [-0.2, -0.15) is 0 Å². The van der Waals surface area contributed by atoms with Gasteiger partial charge in [0, 0.05) is 12.1 Å². The fraction of sp³-hybridized carbons (Fsp3) is 0.111. The van der Waals surface area contributed by atoms with Gasteiger partial charge in [-0.25, -0.2) is 0 Å². The summed E-state index contributed by atoms with van der Waals surface area (Å²) in [5, 5.41) is 5.38. The van der Waals surface area contributed by atoms with Crippen LogP contribution in [0, 0.1) is 0 Å². The Morgan fingerprint density at radius 2 is 1.55 bits per heavy atom. The van der Waals surface area contributed by atoms with Gasteiger partial charge in [0.1, 0.15) is 5.70 Å². The zero-order chi connectivity index (χ0) is 15.8. The van der Waals surface area contributed by atoms with Crippen molar-refractivity contribution < 1.29 is 9.59 Å². The zero-order valence-corrected chi connectivity index (χ0v) is 12.4. The van der Waals surface area contributed by atoms with Crippen LogP contribution in [0.4, 0.5) is 0 Å². The Kier molecular flexibility index (Phi) is 5.49. The maximum absolute atomic E-state index is 12.2. The van der Waals surface area contributed by atoms with Gasteiger partial charge in [0.25, 0.3) is 11.8 Å². The number of likely N-dealkylation sites (N-methyl/N-ethyl adjacent to an activating group) is 1. The molecule has 22 heavy (non-hydrogen) atoms. The van der Waals surface area contributed by atoms with Crippen molar-refractivity contribution >= 4 is 17.9 Å². The molecule has 0 unspecified atom stereocenters. The van der Waals surface area contributed by atoms with Crippen LogP contribution in [0.25, 0.3) is 6.08 Å². The molecule has 0 heterocycles. The maximum atomic E-state index is 12.2. The molecule has 0 aliphatic heterocycles. The highest BCUT2D eigenvalue weighted by molar-refractivity contribution is 6.05. The van der Waals surface area contributed by atoms with Crippen molar-refractivity contribution in [2.75, 3.05) is 6.54 Å². The Balaban J connectivity index is 2.24. The number of benzene rings is 2.